The molecule has 1 amide bonds. The molecule has 10 heteroatoms. The van der Waals surface area contributed by atoms with E-state index in [1.165, 1.54) is 12.3 Å². The molecule has 0 radical (unpaired) electrons. The molecule has 1 unspecified atom stereocenters. The Morgan fingerprint density at radius 3 is 2.36 bits per heavy atom. The molecule has 0 saturated carbocycles. The van der Waals surface area contributed by atoms with E-state index in [0.717, 1.165) is 11.1 Å². The van der Waals surface area contributed by atoms with Crippen molar-refractivity contribution < 1.29 is 13.4 Å². The number of primary amides is 1. The molecule has 8 nitrogen and oxygen atoms in total. The molecule has 3 aromatic carbocycles. The van der Waals surface area contributed by atoms with Crippen molar-refractivity contribution in [3.05, 3.63) is 90.4 Å². The fraction of sp³-hybridized carbons (Fsp3) is 0. The first-order valence-corrected chi connectivity index (χ1v) is 10.9. The maximum atomic E-state index is 14.5. The Labute approximate surface area is 191 Å². The molecule has 0 aliphatic carbocycles. The van der Waals surface area contributed by atoms with Gasteiger partial charge in [-0.3, -0.25) is 4.79 Å². The Kier molecular flexibility index (Phi) is 6.38. The Morgan fingerprint density at radius 2 is 1.64 bits per heavy atom. The van der Waals surface area contributed by atoms with Crippen LogP contribution in [0.15, 0.2) is 83.9 Å². The summed E-state index contributed by atoms with van der Waals surface area (Å²) in [4.78, 5) is 20.6. The molecule has 0 bridgehead atoms. The SMILES string of the molecule is NC(=O)c1cnc(Nc2cc(-c3ccccc3)ccc2F)nc1Nc1ccccc1S(N)=O. The predicted octanol–water partition coefficient (Wildman–Crippen LogP) is 3.85. The van der Waals surface area contributed by atoms with Gasteiger partial charge in [0.25, 0.3) is 5.91 Å². The highest BCUT2D eigenvalue weighted by Gasteiger charge is 2.16. The summed E-state index contributed by atoms with van der Waals surface area (Å²) in [5.74, 6) is -1.20. The van der Waals surface area contributed by atoms with Crippen LogP contribution < -0.4 is 21.5 Å². The number of aromatic nitrogens is 2. The number of para-hydroxylation sites is 1. The minimum absolute atomic E-state index is 0.00309. The monoisotopic (exact) mass is 462 g/mol. The van der Waals surface area contributed by atoms with Gasteiger partial charge in [0.05, 0.1) is 16.3 Å². The van der Waals surface area contributed by atoms with Crippen LogP contribution >= 0.6 is 0 Å². The van der Waals surface area contributed by atoms with Crippen molar-refractivity contribution in [1.29, 1.82) is 0 Å². The lowest BCUT2D eigenvalue weighted by Crippen LogP contribution is -2.16. The number of hydrogen-bond donors (Lipinski definition) is 4. The predicted molar refractivity (Wildman–Crippen MR) is 126 cm³/mol. The third kappa shape index (κ3) is 5.03. The van der Waals surface area contributed by atoms with E-state index in [9.17, 15) is 13.4 Å². The molecule has 0 fully saturated rings. The molecule has 33 heavy (non-hydrogen) atoms. The van der Waals surface area contributed by atoms with Gasteiger partial charge >= 0.3 is 0 Å². The first-order chi connectivity index (χ1) is 15.9. The molecule has 1 atom stereocenters. The van der Waals surface area contributed by atoms with Crippen molar-refractivity contribution in [2.75, 3.05) is 10.6 Å². The number of nitrogens with zero attached hydrogens (tertiary/aromatic N) is 2. The highest BCUT2D eigenvalue weighted by Crippen LogP contribution is 2.28. The third-order valence-electron chi connectivity index (χ3n) is 4.73. The summed E-state index contributed by atoms with van der Waals surface area (Å²) in [7, 11) is -1.78. The molecule has 0 saturated heterocycles. The molecular formula is C23H19FN6O2S. The van der Waals surface area contributed by atoms with Gasteiger partial charge in [-0.1, -0.05) is 48.5 Å². The first kappa shape index (κ1) is 22.1. The smallest absolute Gasteiger partial charge is 0.254 e. The Balaban J connectivity index is 1.69. The van der Waals surface area contributed by atoms with Crippen molar-refractivity contribution in [2.24, 2.45) is 10.9 Å². The van der Waals surface area contributed by atoms with Gasteiger partial charge < -0.3 is 16.4 Å². The van der Waals surface area contributed by atoms with Crippen LogP contribution in [0, 0.1) is 5.82 Å². The topological polar surface area (TPSA) is 136 Å². The minimum atomic E-state index is -1.78. The van der Waals surface area contributed by atoms with Crippen LogP contribution in [0.1, 0.15) is 10.4 Å². The fourth-order valence-electron chi connectivity index (χ4n) is 3.14. The van der Waals surface area contributed by atoms with Crippen LogP contribution in [0.3, 0.4) is 0 Å². The second-order valence-electron chi connectivity index (χ2n) is 6.92. The lowest BCUT2D eigenvalue weighted by Gasteiger charge is -2.14. The summed E-state index contributed by atoms with van der Waals surface area (Å²) in [5, 5.41) is 11.3. The zero-order valence-electron chi connectivity index (χ0n) is 17.2. The van der Waals surface area contributed by atoms with Gasteiger partial charge in [0.1, 0.15) is 28.2 Å². The summed E-state index contributed by atoms with van der Waals surface area (Å²) in [5.41, 5.74) is 7.69. The van der Waals surface area contributed by atoms with Gasteiger partial charge in [-0.15, -0.1) is 0 Å². The highest BCUT2D eigenvalue weighted by atomic mass is 32.2. The fourth-order valence-corrected chi connectivity index (χ4v) is 3.69. The Morgan fingerprint density at radius 1 is 0.909 bits per heavy atom. The van der Waals surface area contributed by atoms with Gasteiger partial charge in [-0.25, -0.2) is 18.7 Å². The average Bonchev–Trinajstić information content (AvgIpc) is 2.81. The number of amides is 1. The Bertz CT molecular complexity index is 1350. The number of nitrogens with two attached hydrogens (primary N) is 2. The van der Waals surface area contributed by atoms with E-state index in [-0.39, 0.29) is 23.0 Å². The van der Waals surface area contributed by atoms with Crippen LogP contribution in [0.4, 0.5) is 27.5 Å². The van der Waals surface area contributed by atoms with Gasteiger partial charge in [0, 0.05) is 6.20 Å². The molecule has 166 valence electrons. The third-order valence-corrected chi connectivity index (χ3v) is 5.52. The van der Waals surface area contributed by atoms with E-state index in [0.29, 0.717) is 10.6 Å². The quantitative estimate of drug-likeness (QED) is 0.329. The standard InChI is InChI=1S/C23H19FN6O2S/c24-17-11-10-15(14-6-2-1-3-7-14)12-19(17)29-23-27-13-16(21(25)31)22(30-23)28-18-8-4-5-9-20(18)33(26)32/h1-13H,26H2,(H2,25,31)(H2,27,28,29,30). The molecule has 1 aromatic heterocycles. The normalized spacial score (nSPS) is 11.6. The molecule has 0 spiro atoms. The largest absolute Gasteiger partial charge is 0.365 e. The van der Waals surface area contributed by atoms with Gasteiger partial charge in [0.2, 0.25) is 5.95 Å². The van der Waals surface area contributed by atoms with E-state index >= 15 is 0 Å². The van der Waals surface area contributed by atoms with Crippen LogP contribution in [-0.2, 0) is 11.0 Å². The number of rotatable bonds is 7. The number of carbonyl (C=O) groups excluding carboxylic acids is 1. The summed E-state index contributed by atoms with van der Waals surface area (Å²) in [6, 6.07) is 20.7. The number of carbonyl (C=O) groups is 1. The average molecular weight is 463 g/mol. The molecule has 0 aliphatic rings. The van der Waals surface area contributed by atoms with Crippen molar-refractivity contribution in [2.45, 2.75) is 4.90 Å². The van der Waals surface area contributed by atoms with Crippen LogP contribution in [0.2, 0.25) is 0 Å². The van der Waals surface area contributed by atoms with E-state index < -0.39 is 22.7 Å². The number of benzene rings is 3. The number of hydrogen-bond acceptors (Lipinski definition) is 6. The number of nitrogens with one attached hydrogen (secondary N) is 2. The summed E-state index contributed by atoms with van der Waals surface area (Å²) in [6.07, 6.45) is 1.22. The van der Waals surface area contributed by atoms with Crippen LogP contribution in [0.25, 0.3) is 11.1 Å². The van der Waals surface area contributed by atoms with Crippen molar-refractivity contribution >= 4 is 40.0 Å². The van der Waals surface area contributed by atoms with E-state index in [1.54, 1.807) is 36.4 Å². The van der Waals surface area contributed by atoms with E-state index in [2.05, 4.69) is 20.6 Å². The second-order valence-corrected chi connectivity index (χ2v) is 7.96. The lowest BCUT2D eigenvalue weighted by molar-refractivity contribution is 0.100. The number of anilines is 4. The van der Waals surface area contributed by atoms with Crippen LogP contribution in [0.5, 0.6) is 0 Å². The van der Waals surface area contributed by atoms with Gasteiger partial charge in [-0.05, 0) is 35.4 Å². The van der Waals surface area contributed by atoms with Gasteiger partial charge in [0.15, 0.2) is 0 Å². The molecule has 4 aromatic rings. The molecule has 4 rings (SSSR count). The zero-order chi connectivity index (χ0) is 23.4. The molecule has 6 N–H and O–H groups in total. The highest BCUT2D eigenvalue weighted by molar-refractivity contribution is 7.82. The number of halogens is 1. The molecule has 0 aliphatic heterocycles. The maximum Gasteiger partial charge on any atom is 0.254 e. The van der Waals surface area contributed by atoms with Crippen LogP contribution in [-0.4, -0.2) is 20.1 Å². The summed E-state index contributed by atoms with van der Waals surface area (Å²) < 4.78 is 26.4. The summed E-state index contributed by atoms with van der Waals surface area (Å²) in [6.45, 7) is 0. The minimum Gasteiger partial charge on any atom is -0.365 e. The second kappa shape index (κ2) is 9.55. The van der Waals surface area contributed by atoms with Crippen molar-refractivity contribution in [3.8, 4) is 11.1 Å². The summed E-state index contributed by atoms with van der Waals surface area (Å²) >= 11 is 0. The zero-order valence-corrected chi connectivity index (χ0v) is 18.0. The van der Waals surface area contributed by atoms with Crippen molar-refractivity contribution in [3.63, 3.8) is 0 Å². The maximum absolute atomic E-state index is 14.5. The van der Waals surface area contributed by atoms with E-state index in [1.807, 2.05) is 30.3 Å². The van der Waals surface area contributed by atoms with Gasteiger partial charge in [-0.2, -0.15) is 4.98 Å². The Hall–Kier alpha value is -4.15. The molecular weight excluding hydrogens is 443 g/mol. The van der Waals surface area contributed by atoms with Crippen molar-refractivity contribution in [1.82, 2.24) is 9.97 Å². The van der Waals surface area contributed by atoms with E-state index in [4.69, 9.17) is 10.9 Å². The molecule has 1 heterocycles. The first-order valence-electron chi connectivity index (χ1n) is 9.73. The lowest BCUT2D eigenvalue weighted by atomic mass is 10.1.